The number of hydrogen-bond acceptors (Lipinski definition) is 5. The summed E-state index contributed by atoms with van der Waals surface area (Å²) in [6.45, 7) is 3.56. The molecule has 0 unspecified atom stereocenters. The second kappa shape index (κ2) is 7.40. The number of carboxylic acids is 1. The molecule has 0 saturated carbocycles. The van der Waals surface area contributed by atoms with Gasteiger partial charge in [0.05, 0.1) is 0 Å². The first-order valence-electron chi connectivity index (χ1n) is 5.41. The zero-order chi connectivity index (χ0) is 14.3. The number of carboxylic acid groups (broad SMARTS) is 1. The van der Waals surface area contributed by atoms with Crippen molar-refractivity contribution in [2.75, 3.05) is 27.8 Å². The van der Waals surface area contributed by atoms with Crippen molar-refractivity contribution in [2.45, 2.75) is 0 Å². The largest absolute Gasteiger partial charge is 0.478 e. The first-order valence-corrected chi connectivity index (χ1v) is 5.41. The highest BCUT2D eigenvalue weighted by Crippen LogP contribution is 2.30. The number of rotatable bonds is 8. The first-order chi connectivity index (χ1) is 9.13. The Kier molecular flexibility index (Phi) is 5.84. The van der Waals surface area contributed by atoms with Crippen LogP contribution in [0.2, 0.25) is 0 Å². The van der Waals surface area contributed by atoms with E-state index in [9.17, 15) is 9.90 Å². The minimum Gasteiger partial charge on any atom is -0.478 e. The van der Waals surface area contributed by atoms with Crippen LogP contribution in [0.4, 0.5) is 0 Å². The van der Waals surface area contributed by atoms with Gasteiger partial charge in [0.1, 0.15) is 17.1 Å². The zero-order valence-electron chi connectivity index (χ0n) is 10.8. The third kappa shape index (κ3) is 3.97. The number of aromatic carboxylic acids is 1. The SMILES string of the molecule is C=Cc1cc(OCOC)cc(OCOC)c1C(=O)O. The Morgan fingerprint density at radius 3 is 2.42 bits per heavy atom. The molecular weight excluding hydrogens is 252 g/mol. The van der Waals surface area contributed by atoms with Crippen molar-refractivity contribution >= 4 is 12.0 Å². The Morgan fingerprint density at radius 2 is 1.89 bits per heavy atom. The molecule has 0 radical (unpaired) electrons. The number of ether oxygens (including phenoxy) is 4. The molecule has 0 fully saturated rings. The predicted octanol–water partition coefficient (Wildman–Crippen LogP) is 1.99. The number of benzene rings is 1. The molecule has 19 heavy (non-hydrogen) atoms. The molecular formula is C13H16O6. The molecule has 1 rings (SSSR count). The molecule has 0 amide bonds. The minimum atomic E-state index is -1.11. The van der Waals surface area contributed by atoms with Gasteiger partial charge in [0, 0.05) is 20.3 Å². The monoisotopic (exact) mass is 268 g/mol. The molecule has 0 aliphatic rings. The van der Waals surface area contributed by atoms with Crippen LogP contribution >= 0.6 is 0 Å². The summed E-state index contributed by atoms with van der Waals surface area (Å²) in [5.74, 6) is -0.537. The molecule has 0 heterocycles. The molecule has 0 aromatic heterocycles. The van der Waals surface area contributed by atoms with Crippen LogP contribution in [0, 0.1) is 0 Å². The number of carbonyl (C=O) groups is 1. The average Bonchev–Trinajstić information content (AvgIpc) is 2.41. The Labute approximate surface area is 111 Å². The van der Waals surface area contributed by atoms with Crippen molar-refractivity contribution in [1.82, 2.24) is 0 Å². The summed E-state index contributed by atoms with van der Waals surface area (Å²) in [6, 6.07) is 3.02. The fraction of sp³-hybridized carbons (Fsp3) is 0.308. The minimum absolute atomic E-state index is 0.0109. The summed E-state index contributed by atoms with van der Waals surface area (Å²) >= 11 is 0. The van der Waals surface area contributed by atoms with Crippen molar-refractivity contribution in [3.05, 3.63) is 29.8 Å². The molecule has 0 aliphatic carbocycles. The Bertz CT molecular complexity index is 455. The molecule has 0 saturated heterocycles. The molecule has 1 N–H and O–H groups in total. The molecule has 6 nitrogen and oxygen atoms in total. The van der Waals surface area contributed by atoms with Crippen LogP contribution in [-0.2, 0) is 9.47 Å². The average molecular weight is 268 g/mol. The Hall–Kier alpha value is -2.05. The van der Waals surface area contributed by atoms with E-state index in [0.717, 1.165) is 0 Å². The van der Waals surface area contributed by atoms with E-state index >= 15 is 0 Å². The van der Waals surface area contributed by atoms with Crippen molar-refractivity contribution in [2.24, 2.45) is 0 Å². The molecule has 0 bridgehead atoms. The fourth-order valence-electron chi connectivity index (χ4n) is 1.45. The van der Waals surface area contributed by atoms with Crippen molar-refractivity contribution in [1.29, 1.82) is 0 Å². The van der Waals surface area contributed by atoms with Gasteiger partial charge in [-0.2, -0.15) is 0 Å². The Morgan fingerprint density at radius 1 is 1.26 bits per heavy atom. The molecule has 0 aliphatic heterocycles. The van der Waals surface area contributed by atoms with E-state index in [0.29, 0.717) is 11.3 Å². The molecule has 1 aromatic rings. The van der Waals surface area contributed by atoms with Crippen LogP contribution in [0.3, 0.4) is 0 Å². The van der Waals surface area contributed by atoms with Gasteiger partial charge < -0.3 is 24.1 Å². The number of hydrogen-bond donors (Lipinski definition) is 1. The van der Waals surface area contributed by atoms with Crippen LogP contribution in [0.1, 0.15) is 15.9 Å². The topological polar surface area (TPSA) is 74.2 Å². The second-order valence-corrected chi connectivity index (χ2v) is 3.50. The van der Waals surface area contributed by atoms with Gasteiger partial charge in [-0.3, -0.25) is 0 Å². The molecule has 0 spiro atoms. The maximum atomic E-state index is 11.3. The van der Waals surface area contributed by atoms with E-state index in [2.05, 4.69) is 6.58 Å². The molecule has 6 heteroatoms. The number of methoxy groups -OCH3 is 2. The lowest BCUT2D eigenvalue weighted by Crippen LogP contribution is -2.08. The van der Waals surface area contributed by atoms with Gasteiger partial charge in [0.2, 0.25) is 0 Å². The fourth-order valence-corrected chi connectivity index (χ4v) is 1.45. The zero-order valence-corrected chi connectivity index (χ0v) is 10.8. The highest BCUT2D eigenvalue weighted by molar-refractivity contribution is 5.95. The van der Waals surface area contributed by atoms with E-state index in [4.69, 9.17) is 18.9 Å². The summed E-state index contributed by atoms with van der Waals surface area (Å²) in [7, 11) is 2.93. The lowest BCUT2D eigenvalue weighted by molar-refractivity contribution is 0.0445. The smallest absolute Gasteiger partial charge is 0.340 e. The lowest BCUT2D eigenvalue weighted by atomic mass is 10.1. The maximum Gasteiger partial charge on any atom is 0.340 e. The summed E-state index contributed by atoms with van der Waals surface area (Å²) in [5, 5.41) is 9.21. The summed E-state index contributed by atoms with van der Waals surface area (Å²) in [4.78, 5) is 11.3. The van der Waals surface area contributed by atoms with Gasteiger partial charge in [-0.25, -0.2) is 4.79 Å². The highest BCUT2D eigenvalue weighted by Gasteiger charge is 2.17. The highest BCUT2D eigenvalue weighted by atomic mass is 16.7. The van der Waals surface area contributed by atoms with E-state index in [1.807, 2.05) is 0 Å². The normalized spacial score (nSPS) is 10.0. The standard InChI is InChI=1S/C13H16O6/c1-4-9-5-10(18-7-16-2)6-11(19-8-17-3)12(9)13(14)15/h4-6H,1,7-8H2,2-3H3,(H,14,15). The van der Waals surface area contributed by atoms with Gasteiger partial charge in [-0.15, -0.1) is 0 Å². The second-order valence-electron chi connectivity index (χ2n) is 3.50. The van der Waals surface area contributed by atoms with Crippen molar-refractivity contribution in [3.8, 4) is 11.5 Å². The summed E-state index contributed by atoms with van der Waals surface area (Å²) < 4.78 is 20.1. The van der Waals surface area contributed by atoms with Crippen LogP contribution in [0.25, 0.3) is 6.08 Å². The van der Waals surface area contributed by atoms with Crippen LogP contribution in [0.15, 0.2) is 18.7 Å². The third-order valence-electron chi connectivity index (χ3n) is 2.22. The van der Waals surface area contributed by atoms with E-state index in [1.165, 1.54) is 26.4 Å². The van der Waals surface area contributed by atoms with Gasteiger partial charge in [0.25, 0.3) is 0 Å². The van der Waals surface area contributed by atoms with E-state index < -0.39 is 5.97 Å². The van der Waals surface area contributed by atoms with Crippen molar-refractivity contribution in [3.63, 3.8) is 0 Å². The van der Waals surface area contributed by atoms with E-state index in [1.54, 1.807) is 6.07 Å². The third-order valence-corrected chi connectivity index (χ3v) is 2.22. The molecule has 0 atom stereocenters. The maximum absolute atomic E-state index is 11.3. The van der Waals surface area contributed by atoms with Crippen LogP contribution < -0.4 is 9.47 Å². The van der Waals surface area contributed by atoms with Crippen molar-refractivity contribution < 1.29 is 28.8 Å². The van der Waals surface area contributed by atoms with E-state index in [-0.39, 0.29) is 24.9 Å². The molecule has 1 aromatic carbocycles. The van der Waals surface area contributed by atoms with Gasteiger partial charge in [-0.1, -0.05) is 12.7 Å². The molecule has 104 valence electrons. The van der Waals surface area contributed by atoms with Gasteiger partial charge in [0.15, 0.2) is 13.6 Å². The summed E-state index contributed by atoms with van der Waals surface area (Å²) in [5.41, 5.74) is 0.407. The van der Waals surface area contributed by atoms with Gasteiger partial charge in [-0.05, 0) is 11.6 Å². The quantitative estimate of drug-likeness (QED) is 0.727. The first kappa shape index (κ1) is 15.0. The predicted molar refractivity (Wildman–Crippen MR) is 68.5 cm³/mol. The van der Waals surface area contributed by atoms with Crippen LogP contribution in [-0.4, -0.2) is 38.9 Å². The van der Waals surface area contributed by atoms with Gasteiger partial charge >= 0.3 is 5.97 Å². The Balaban J connectivity index is 3.19. The summed E-state index contributed by atoms with van der Waals surface area (Å²) in [6.07, 6.45) is 1.42. The van der Waals surface area contributed by atoms with Crippen LogP contribution in [0.5, 0.6) is 11.5 Å². The lowest BCUT2D eigenvalue weighted by Gasteiger charge is -2.13.